The molecule has 122 valence electrons. The van der Waals surface area contributed by atoms with Crippen LogP contribution in [0.15, 0.2) is 59.0 Å². The predicted molar refractivity (Wildman–Crippen MR) is 83.9 cm³/mol. The number of rotatable bonds is 4. The summed E-state index contributed by atoms with van der Waals surface area (Å²) in [5.74, 6) is -0.929. The van der Waals surface area contributed by atoms with Crippen LogP contribution in [0, 0.1) is 0 Å². The summed E-state index contributed by atoms with van der Waals surface area (Å²) in [6.07, 6.45) is -2.81. The van der Waals surface area contributed by atoms with Gasteiger partial charge in [0.05, 0.1) is 0 Å². The average Bonchev–Trinajstić information content (AvgIpc) is 3.12. The number of anilines is 1. The number of hydrogen-bond donors (Lipinski definition) is 0. The van der Waals surface area contributed by atoms with Crippen molar-refractivity contribution in [3.63, 3.8) is 0 Å². The summed E-state index contributed by atoms with van der Waals surface area (Å²) in [7, 11) is 1.68. The number of para-hydroxylation sites is 1. The minimum atomic E-state index is -2.81. The monoisotopic (exact) mass is 329 g/mol. The van der Waals surface area contributed by atoms with E-state index in [2.05, 4.69) is 10.2 Å². The topological polar surface area (TPSA) is 59.2 Å². The summed E-state index contributed by atoms with van der Waals surface area (Å²) in [5, 5.41) is 6.85. The van der Waals surface area contributed by atoms with Gasteiger partial charge in [0.15, 0.2) is 0 Å². The van der Waals surface area contributed by atoms with Gasteiger partial charge in [-0.2, -0.15) is 8.78 Å². The number of benzene rings is 2. The Balaban J connectivity index is 1.80. The van der Waals surface area contributed by atoms with Crippen LogP contribution >= 0.6 is 0 Å². The standard InChI is InChI=1S/C17H13F2N3O2/c1-22(13-5-3-2-4-6-13)17(23)12-9-7-11(8-10-12)15-20-21-16(24-15)14(18)19/h2-10,14H,1H3. The highest BCUT2D eigenvalue weighted by Gasteiger charge is 2.18. The summed E-state index contributed by atoms with van der Waals surface area (Å²) in [6, 6.07) is 15.6. The molecule has 0 saturated heterocycles. The highest BCUT2D eigenvalue weighted by atomic mass is 19.3. The molecular formula is C17H13F2N3O2. The molecular weight excluding hydrogens is 316 g/mol. The summed E-state index contributed by atoms with van der Waals surface area (Å²) >= 11 is 0. The molecule has 0 bridgehead atoms. The molecule has 0 aliphatic carbocycles. The van der Waals surface area contributed by atoms with Crippen LogP contribution in [-0.4, -0.2) is 23.2 Å². The lowest BCUT2D eigenvalue weighted by atomic mass is 10.1. The maximum absolute atomic E-state index is 12.5. The zero-order valence-corrected chi connectivity index (χ0v) is 12.7. The van der Waals surface area contributed by atoms with Gasteiger partial charge in [-0.25, -0.2) is 0 Å². The minimum Gasteiger partial charge on any atom is -0.415 e. The highest BCUT2D eigenvalue weighted by Crippen LogP contribution is 2.24. The lowest BCUT2D eigenvalue weighted by Gasteiger charge is -2.17. The smallest absolute Gasteiger partial charge is 0.314 e. The van der Waals surface area contributed by atoms with Crippen LogP contribution in [0.25, 0.3) is 11.5 Å². The average molecular weight is 329 g/mol. The molecule has 1 heterocycles. The Hall–Kier alpha value is -3.09. The first-order valence-corrected chi connectivity index (χ1v) is 7.11. The number of nitrogens with zero attached hydrogens (tertiary/aromatic N) is 3. The van der Waals surface area contributed by atoms with Crippen molar-refractivity contribution in [1.82, 2.24) is 10.2 Å². The molecule has 0 atom stereocenters. The van der Waals surface area contributed by atoms with Crippen molar-refractivity contribution in [1.29, 1.82) is 0 Å². The predicted octanol–water partition coefficient (Wildman–Crippen LogP) is 3.95. The Labute approximate surface area is 136 Å². The van der Waals surface area contributed by atoms with Gasteiger partial charge in [0.1, 0.15) is 0 Å². The maximum Gasteiger partial charge on any atom is 0.314 e. The molecule has 1 amide bonds. The van der Waals surface area contributed by atoms with Gasteiger partial charge in [0.25, 0.3) is 11.8 Å². The van der Waals surface area contributed by atoms with Crippen molar-refractivity contribution in [2.75, 3.05) is 11.9 Å². The van der Waals surface area contributed by atoms with Crippen molar-refractivity contribution >= 4 is 11.6 Å². The van der Waals surface area contributed by atoms with Gasteiger partial charge in [0, 0.05) is 23.9 Å². The summed E-state index contributed by atoms with van der Waals surface area (Å²) in [5.41, 5.74) is 1.69. The lowest BCUT2D eigenvalue weighted by molar-refractivity contribution is 0.0993. The van der Waals surface area contributed by atoms with E-state index in [0.29, 0.717) is 11.1 Å². The van der Waals surface area contributed by atoms with Gasteiger partial charge in [-0.1, -0.05) is 18.2 Å². The van der Waals surface area contributed by atoms with Crippen LogP contribution in [0.3, 0.4) is 0 Å². The number of hydrogen-bond acceptors (Lipinski definition) is 4. The van der Waals surface area contributed by atoms with Gasteiger partial charge in [-0.15, -0.1) is 10.2 Å². The molecule has 2 aromatic carbocycles. The Morgan fingerprint density at radius 3 is 2.29 bits per heavy atom. The third-order valence-electron chi connectivity index (χ3n) is 3.45. The van der Waals surface area contributed by atoms with Crippen LogP contribution < -0.4 is 4.90 Å². The Bertz CT molecular complexity index is 833. The fraction of sp³-hybridized carbons (Fsp3) is 0.118. The number of carbonyl (C=O) groups excluding carboxylic acids is 1. The summed E-state index contributed by atoms with van der Waals surface area (Å²) < 4.78 is 29.8. The first-order chi connectivity index (χ1) is 11.6. The van der Waals surface area contributed by atoms with E-state index >= 15 is 0 Å². The van der Waals surface area contributed by atoms with Gasteiger partial charge in [-0.05, 0) is 36.4 Å². The zero-order chi connectivity index (χ0) is 17.1. The van der Waals surface area contributed by atoms with Gasteiger partial charge in [-0.3, -0.25) is 4.79 Å². The van der Waals surface area contributed by atoms with Crippen molar-refractivity contribution < 1.29 is 18.0 Å². The third kappa shape index (κ3) is 3.15. The first kappa shape index (κ1) is 15.8. The number of amides is 1. The summed E-state index contributed by atoms with van der Waals surface area (Å²) in [6.45, 7) is 0. The molecule has 0 unspecified atom stereocenters. The van der Waals surface area contributed by atoms with E-state index in [4.69, 9.17) is 4.42 Å². The first-order valence-electron chi connectivity index (χ1n) is 7.11. The lowest BCUT2D eigenvalue weighted by Crippen LogP contribution is -2.25. The molecule has 0 aliphatic heterocycles. The molecule has 0 radical (unpaired) electrons. The van der Waals surface area contributed by atoms with Gasteiger partial charge < -0.3 is 9.32 Å². The van der Waals surface area contributed by atoms with Gasteiger partial charge in [0.2, 0.25) is 5.89 Å². The third-order valence-corrected chi connectivity index (χ3v) is 3.45. The number of carbonyl (C=O) groups is 1. The fourth-order valence-corrected chi connectivity index (χ4v) is 2.16. The molecule has 0 spiro atoms. The molecule has 1 aromatic heterocycles. The largest absolute Gasteiger partial charge is 0.415 e. The van der Waals surface area contributed by atoms with Gasteiger partial charge >= 0.3 is 6.43 Å². The van der Waals surface area contributed by atoms with E-state index in [1.165, 1.54) is 4.90 Å². The second-order valence-corrected chi connectivity index (χ2v) is 5.02. The van der Waals surface area contributed by atoms with E-state index in [0.717, 1.165) is 5.69 Å². The highest BCUT2D eigenvalue weighted by molar-refractivity contribution is 6.05. The van der Waals surface area contributed by atoms with E-state index < -0.39 is 12.3 Å². The van der Waals surface area contributed by atoms with Crippen molar-refractivity contribution in [2.24, 2.45) is 0 Å². The number of halogens is 2. The molecule has 7 heteroatoms. The van der Waals surface area contributed by atoms with Crippen molar-refractivity contribution in [2.45, 2.75) is 6.43 Å². The molecule has 0 fully saturated rings. The summed E-state index contributed by atoms with van der Waals surface area (Å²) in [4.78, 5) is 14.0. The minimum absolute atomic E-state index is 0.0132. The van der Waals surface area contributed by atoms with Crippen LogP contribution in [0.4, 0.5) is 14.5 Å². The number of alkyl halides is 2. The Morgan fingerprint density at radius 1 is 1.04 bits per heavy atom. The molecule has 24 heavy (non-hydrogen) atoms. The van der Waals surface area contributed by atoms with E-state index in [-0.39, 0.29) is 11.8 Å². The maximum atomic E-state index is 12.5. The van der Waals surface area contributed by atoms with Crippen LogP contribution in [0.5, 0.6) is 0 Å². The van der Waals surface area contributed by atoms with Crippen molar-refractivity contribution in [3.05, 3.63) is 66.1 Å². The quantitative estimate of drug-likeness (QED) is 0.727. The Kier molecular flexibility index (Phi) is 4.33. The molecule has 5 nitrogen and oxygen atoms in total. The van der Waals surface area contributed by atoms with Crippen LogP contribution in [0.2, 0.25) is 0 Å². The second kappa shape index (κ2) is 6.57. The Morgan fingerprint density at radius 2 is 1.71 bits per heavy atom. The van der Waals surface area contributed by atoms with Crippen molar-refractivity contribution in [3.8, 4) is 11.5 Å². The second-order valence-electron chi connectivity index (χ2n) is 5.02. The molecule has 3 rings (SSSR count). The van der Waals surface area contributed by atoms with Crippen LogP contribution in [-0.2, 0) is 0 Å². The fourth-order valence-electron chi connectivity index (χ4n) is 2.16. The van der Waals surface area contributed by atoms with E-state index in [9.17, 15) is 13.6 Å². The molecule has 3 aromatic rings. The van der Waals surface area contributed by atoms with Crippen LogP contribution in [0.1, 0.15) is 22.7 Å². The van der Waals surface area contributed by atoms with E-state index in [1.54, 1.807) is 31.3 Å². The molecule has 0 aliphatic rings. The van der Waals surface area contributed by atoms with E-state index in [1.807, 2.05) is 30.3 Å². The molecule has 0 N–H and O–H groups in total. The molecule has 0 saturated carbocycles. The zero-order valence-electron chi connectivity index (χ0n) is 12.7. The SMILES string of the molecule is CN(C(=O)c1ccc(-c2nnc(C(F)F)o2)cc1)c1ccccc1. The normalized spacial score (nSPS) is 10.8. The number of aromatic nitrogens is 2.